The number of aliphatic hydroxyl groups excluding tert-OH is 1. The molecule has 0 saturated heterocycles. The summed E-state index contributed by atoms with van der Waals surface area (Å²) in [6, 6.07) is 10.2. The summed E-state index contributed by atoms with van der Waals surface area (Å²) in [6.45, 7) is 1.99. The molecule has 3 nitrogen and oxygen atoms in total. The van der Waals surface area contributed by atoms with Crippen molar-refractivity contribution in [3.8, 4) is 0 Å². The summed E-state index contributed by atoms with van der Waals surface area (Å²) in [4.78, 5) is 4.47. The summed E-state index contributed by atoms with van der Waals surface area (Å²) in [5.41, 5.74) is 9.02. The van der Waals surface area contributed by atoms with E-state index >= 15 is 0 Å². The molecule has 88 valence electrons. The maximum atomic E-state index is 9.40. The van der Waals surface area contributed by atoms with Crippen molar-refractivity contribution in [2.45, 2.75) is 31.4 Å². The fraction of sp³-hybridized carbons (Fsp3) is 0.357. The van der Waals surface area contributed by atoms with Gasteiger partial charge in [0.2, 0.25) is 0 Å². The number of hydrogen-bond acceptors (Lipinski definition) is 3. The van der Waals surface area contributed by atoms with Crippen molar-refractivity contribution < 1.29 is 5.11 Å². The minimum absolute atomic E-state index is 0.244. The molecule has 0 bridgehead atoms. The van der Waals surface area contributed by atoms with E-state index in [4.69, 9.17) is 5.73 Å². The molecule has 1 aliphatic carbocycles. The van der Waals surface area contributed by atoms with E-state index in [1.165, 1.54) is 0 Å². The summed E-state index contributed by atoms with van der Waals surface area (Å²) in [7, 11) is 0. The van der Waals surface area contributed by atoms with Gasteiger partial charge in [-0.25, -0.2) is 0 Å². The van der Waals surface area contributed by atoms with Crippen LogP contribution in [0.25, 0.3) is 10.9 Å². The summed E-state index contributed by atoms with van der Waals surface area (Å²) >= 11 is 0. The first-order valence-corrected chi connectivity index (χ1v) is 5.92. The second-order valence-electron chi connectivity index (χ2n) is 5.08. The summed E-state index contributed by atoms with van der Waals surface area (Å²) in [6.07, 6.45) is 1.06. The third-order valence-corrected chi connectivity index (χ3v) is 3.60. The number of hydrogen-bond donors (Lipinski definition) is 2. The van der Waals surface area contributed by atoms with Gasteiger partial charge in [0, 0.05) is 16.6 Å². The Kier molecular flexibility index (Phi) is 2.21. The highest BCUT2D eigenvalue weighted by molar-refractivity contribution is 5.79. The first kappa shape index (κ1) is 10.7. The van der Waals surface area contributed by atoms with E-state index in [1.54, 1.807) is 0 Å². The highest BCUT2D eigenvalue weighted by atomic mass is 16.3. The Bertz CT molecular complexity index is 573. The molecule has 1 aliphatic rings. The highest BCUT2D eigenvalue weighted by Gasteiger charge is 2.41. The molecule has 0 unspecified atom stereocenters. The molecule has 3 rings (SSSR count). The first-order valence-electron chi connectivity index (χ1n) is 5.92. The topological polar surface area (TPSA) is 59.1 Å². The Labute approximate surface area is 100 Å². The minimum Gasteiger partial charge on any atom is -0.393 e. The monoisotopic (exact) mass is 228 g/mol. The molecule has 1 fully saturated rings. The van der Waals surface area contributed by atoms with Gasteiger partial charge in [-0.05, 0) is 43.5 Å². The van der Waals surface area contributed by atoms with Crippen molar-refractivity contribution in [2.75, 3.05) is 0 Å². The zero-order chi connectivity index (χ0) is 12.0. The molecule has 3 N–H and O–H groups in total. The number of pyridine rings is 1. The van der Waals surface area contributed by atoms with Gasteiger partial charge >= 0.3 is 0 Å². The lowest BCUT2D eigenvalue weighted by molar-refractivity contribution is 0.0210. The van der Waals surface area contributed by atoms with Gasteiger partial charge in [-0.1, -0.05) is 12.1 Å². The second kappa shape index (κ2) is 3.52. The summed E-state index contributed by atoms with van der Waals surface area (Å²) in [5, 5.41) is 10.5. The summed E-state index contributed by atoms with van der Waals surface area (Å²) in [5.74, 6) is 0. The molecule has 1 aromatic carbocycles. The average molecular weight is 228 g/mol. The van der Waals surface area contributed by atoms with E-state index in [-0.39, 0.29) is 11.6 Å². The lowest BCUT2D eigenvalue weighted by Gasteiger charge is -2.42. The Hall–Kier alpha value is -1.45. The van der Waals surface area contributed by atoms with Gasteiger partial charge in [0.1, 0.15) is 0 Å². The molecule has 17 heavy (non-hydrogen) atoms. The molecule has 2 aromatic rings. The molecule has 3 heteroatoms. The average Bonchev–Trinajstić information content (AvgIpc) is 2.26. The number of rotatable bonds is 1. The standard InChI is InChI=1S/C14H16N2O/c1-9-2-3-10-6-11(4-5-13(10)16-9)14(15)7-12(17)8-14/h2-6,12,17H,7-8,15H2,1H3. The Morgan fingerprint density at radius 2 is 2.06 bits per heavy atom. The van der Waals surface area contributed by atoms with E-state index in [1.807, 2.05) is 25.1 Å². The Morgan fingerprint density at radius 1 is 1.29 bits per heavy atom. The van der Waals surface area contributed by atoms with Crippen molar-refractivity contribution >= 4 is 10.9 Å². The molecule has 1 heterocycles. The van der Waals surface area contributed by atoms with Crippen molar-refractivity contribution in [3.63, 3.8) is 0 Å². The number of nitrogens with two attached hydrogens (primary N) is 1. The predicted molar refractivity (Wildman–Crippen MR) is 67.6 cm³/mol. The largest absolute Gasteiger partial charge is 0.393 e. The van der Waals surface area contributed by atoms with Crippen LogP contribution in [0.1, 0.15) is 24.1 Å². The maximum Gasteiger partial charge on any atom is 0.0705 e. The van der Waals surface area contributed by atoms with E-state index in [0.717, 1.165) is 22.2 Å². The number of benzene rings is 1. The van der Waals surface area contributed by atoms with Crippen molar-refractivity contribution in [1.82, 2.24) is 4.98 Å². The fourth-order valence-electron chi connectivity index (χ4n) is 2.55. The molecule has 0 aliphatic heterocycles. The van der Waals surface area contributed by atoms with Crippen LogP contribution in [0.4, 0.5) is 0 Å². The Balaban J connectivity index is 2.05. The fourth-order valence-corrected chi connectivity index (χ4v) is 2.55. The van der Waals surface area contributed by atoms with Gasteiger partial charge in [-0.3, -0.25) is 4.98 Å². The molecular formula is C14H16N2O. The number of nitrogens with zero attached hydrogens (tertiary/aromatic N) is 1. The third kappa shape index (κ3) is 1.72. The van der Waals surface area contributed by atoms with Crippen LogP contribution in [-0.4, -0.2) is 16.2 Å². The van der Waals surface area contributed by atoms with Gasteiger partial charge < -0.3 is 10.8 Å². The van der Waals surface area contributed by atoms with Gasteiger partial charge in [-0.2, -0.15) is 0 Å². The third-order valence-electron chi connectivity index (χ3n) is 3.60. The van der Waals surface area contributed by atoms with E-state index in [2.05, 4.69) is 17.1 Å². The maximum absolute atomic E-state index is 9.40. The zero-order valence-electron chi connectivity index (χ0n) is 9.85. The van der Waals surface area contributed by atoms with Crippen LogP contribution in [-0.2, 0) is 5.54 Å². The minimum atomic E-state index is -0.349. The normalized spacial score (nSPS) is 28.1. The Morgan fingerprint density at radius 3 is 2.76 bits per heavy atom. The second-order valence-corrected chi connectivity index (χ2v) is 5.08. The van der Waals surface area contributed by atoms with Crippen LogP contribution in [0.5, 0.6) is 0 Å². The van der Waals surface area contributed by atoms with Gasteiger partial charge in [-0.15, -0.1) is 0 Å². The lowest BCUT2D eigenvalue weighted by atomic mass is 9.70. The van der Waals surface area contributed by atoms with Crippen LogP contribution >= 0.6 is 0 Å². The molecule has 0 atom stereocenters. The van der Waals surface area contributed by atoms with Crippen LogP contribution in [0.15, 0.2) is 30.3 Å². The van der Waals surface area contributed by atoms with Crippen LogP contribution in [0.2, 0.25) is 0 Å². The van der Waals surface area contributed by atoms with Gasteiger partial charge in [0.15, 0.2) is 0 Å². The predicted octanol–water partition coefficient (Wildman–Crippen LogP) is 1.85. The van der Waals surface area contributed by atoms with Crippen molar-refractivity contribution in [3.05, 3.63) is 41.6 Å². The number of aromatic nitrogens is 1. The summed E-state index contributed by atoms with van der Waals surface area (Å²) < 4.78 is 0. The van der Waals surface area contributed by atoms with Gasteiger partial charge in [0.05, 0.1) is 11.6 Å². The molecular weight excluding hydrogens is 212 g/mol. The van der Waals surface area contributed by atoms with Crippen LogP contribution in [0, 0.1) is 6.92 Å². The molecule has 0 radical (unpaired) electrons. The quantitative estimate of drug-likeness (QED) is 0.783. The van der Waals surface area contributed by atoms with Crippen molar-refractivity contribution in [1.29, 1.82) is 0 Å². The smallest absolute Gasteiger partial charge is 0.0705 e. The molecule has 1 aromatic heterocycles. The molecule has 0 spiro atoms. The van der Waals surface area contributed by atoms with Gasteiger partial charge in [0.25, 0.3) is 0 Å². The van der Waals surface area contributed by atoms with Crippen LogP contribution < -0.4 is 5.73 Å². The highest BCUT2D eigenvalue weighted by Crippen LogP contribution is 2.39. The molecule has 0 amide bonds. The van der Waals surface area contributed by atoms with E-state index < -0.39 is 0 Å². The van der Waals surface area contributed by atoms with Crippen LogP contribution in [0.3, 0.4) is 0 Å². The SMILES string of the molecule is Cc1ccc2cc(C3(N)CC(O)C3)ccc2n1. The number of aryl methyl sites for hydroxylation is 1. The van der Waals surface area contributed by atoms with E-state index in [0.29, 0.717) is 12.8 Å². The molecule has 1 saturated carbocycles. The van der Waals surface area contributed by atoms with E-state index in [9.17, 15) is 5.11 Å². The lowest BCUT2D eigenvalue weighted by Crippen LogP contribution is -2.51. The first-order chi connectivity index (χ1) is 8.07. The zero-order valence-corrected chi connectivity index (χ0v) is 9.85. The van der Waals surface area contributed by atoms with Crippen molar-refractivity contribution in [2.24, 2.45) is 5.73 Å². The number of aliphatic hydroxyl groups is 1. The number of fused-ring (bicyclic) bond motifs is 1.